The number of non-ortho nitro benzene ring substituents is 1. The zero-order valence-electron chi connectivity index (χ0n) is 11.7. The molecule has 0 saturated carbocycles. The molecule has 4 rings (SSSR count). The van der Waals surface area contributed by atoms with Crippen molar-refractivity contribution in [1.82, 2.24) is 9.78 Å². The maximum atomic E-state index is 11.0. The fraction of sp³-hybridized carbons (Fsp3) is 0.0625. The lowest BCUT2D eigenvalue weighted by Gasteiger charge is -1.98. The zero-order chi connectivity index (χ0) is 15.3. The molecule has 2 heterocycles. The van der Waals surface area contributed by atoms with E-state index in [1.807, 2.05) is 19.2 Å². The largest absolute Gasteiger partial charge is 0.270 e. The number of rotatable bonds is 2. The van der Waals surface area contributed by atoms with Crippen LogP contribution in [0.25, 0.3) is 31.6 Å². The molecule has 0 atom stereocenters. The molecule has 0 aliphatic rings. The van der Waals surface area contributed by atoms with Crippen molar-refractivity contribution in [1.29, 1.82) is 0 Å². The number of nitro groups is 1. The number of fused-ring (bicyclic) bond motifs is 2. The standard InChI is InChI=1S/C16H11N3O2S/c1-18-16(15-8-10-4-2-3-5-14(10)22-15)12-9-11(19(20)21)6-7-13(12)17-18/h2-9H,1H3. The summed E-state index contributed by atoms with van der Waals surface area (Å²) in [6.07, 6.45) is 0. The fourth-order valence-electron chi connectivity index (χ4n) is 2.69. The van der Waals surface area contributed by atoms with Gasteiger partial charge in [-0.25, -0.2) is 0 Å². The SMILES string of the molecule is Cn1nc2ccc([N+](=O)[O-])cc2c1-c1cc2ccccc2s1. The van der Waals surface area contributed by atoms with Gasteiger partial charge in [-0.15, -0.1) is 11.3 Å². The van der Waals surface area contributed by atoms with Crippen LogP contribution in [0.4, 0.5) is 5.69 Å². The average Bonchev–Trinajstić information content (AvgIpc) is 3.05. The van der Waals surface area contributed by atoms with Gasteiger partial charge in [0.25, 0.3) is 5.69 Å². The number of aromatic nitrogens is 2. The van der Waals surface area contributed by atoms with Crippen molar-refractivity contribution < 1.29 is 4.92 Å². The molecule has 2 aromatic heterocycles. The van der Waals surface area contributed by atoms with Crippen molar-refractivity contribution in [3.05, 3.63) is 58.6 Å². The van der Waals surface area contributed by atoms with Crippen LogP contribution in [-0.2, 0) is 7.05 Å². The maximum absolute atomic E-state index is 11.0. The van der Waals surface area contributed by atoms with Crippen LogP contribution in [0.5, 0.6) is 0 Å². The first-order valence-corrected chi connectivity index (χ1v) is 7.55. The highest BCUT2D eigenvalue weighted by Gasteiger charge is 2.16. The van der Waals surface area contributed by atoms with E-state index < -0.39 is 0 Å². The third kappa shape index (κ3) is 1.88. The third-order valence-corrected chi connectivity index (χ3v) is 4.81. The van der Waals surface area contributed by atoms with Gasteiger partial charge in [-0.2, -0.15) is 5.10 Å². The Morgan fingerprint density at radius 2 is 2.00 bits per heavy atom. The molecule has 0 saturated heterocycles. The summed E-state index contributed by atoms with van der Waals surface area (Å²) < 4.78 is 2.98. The molecule has 0 radical (unpaired) electrons. The monoisotopic (exact) mass is 309 g/mol. The van der Waals surface area contributed by atoms with Crippen LogP contribution in [0.1, 0.15) is 0 Å². The normalized spacial score (nSPS) is 11.3. The molecular weight excluding hydrogens is 298 g/mol. The van der Waals surface area contributed by atoms with E-state index in [9.17, 15) is 10.1 Å². The van der Waals surface area contributed by atoms with E-state index in [1.54, 1.807) is 28.2 Å². The molecule has 6 heteroatoms. The molecule has 22 heavy (non-hydrogen) atoms. The Bertz CT molecular complexity index is 999. The molecule has 0 aliphatic heterocycles. The Morgan fingerprint density at radius 1 is 1.18 bits per heavy atom. The molecule has 0 aliphatic carbocycles. The summed E-state index contributed by atoms with van der Waals surface area (Å²) in [5.74, 6) is 0. The summed E-state index contributed by atoms with van der Waals surface area (Å²) in [6, 6.07) is 15.0. The number of hydrogen-bond donors (Lipinski definition) is 0. The highest BCUT2D eigenvalue weighted by Crippen LogP contribution is 2.37. The van der Waals surface area contributed by atoms with Gasteiger partial charge in [0, 0.05) is 29.3 Å². The van der Waals surface area contributed by atoms with E-state index in [4.69, 9.17) is 0 Å². The quantitative estimate of drug-likeness (QED) is 0.408. The van der Waals surface area contributed by atoms with Gasteiger partial charge in [0.1, 0.15) is 0 Å². The van der Waals surface area contributed by atoms with Crippen LogP contribution in [0.15, 0.2) is 48.5 Å². The first-order valence-electron chi connectivity index (χ1n) is 6.73. The molecule has 2 aromatic carbocycles. The Balaban J connectivity index is 2.02. The van der Waals surface area contributed by atoms with E-state index in [0.29, 0.717) is 0 Å². The molecule has 0 spiro atoms. The van der Waals surface area contributed by atoms with Gasteiger partial charge in [0.2, 0.25) is 0 Å². The Morgan fingerprint density at radius 3 is 2.77 bits per heavy atom. The van der Waals surface area contributed by atoms with Crippen molar-refractivity contribution in [3.63, 3.8) is 0 Å². The van der Waals surface area contributed by atoms with Crippen molar-refractivity contribution in [2.24, 2.45) is 7.05 Å². The lowest BCUT2D eigenvalue weighted by Crippen LogP contribution is -1.91. The number of aryl methyl sites for hydroxylation is 1. The minimum atomic E-state index is -0.374. The zero-order valence-corrected chi connectivity index (χ0v) is 12.5. The molecule has 0 amide bonds. The highest BCUT2D eigenvalue weighted by atomic mass is 32.1. The van der Waals surface area contributed by atoms with Crippen LogP contribution < -0.4 is 0 Å². The van der Waals surface area contributed by atoms with Gasteiger partial charge in [-0.05, 0) is 23.6 Å². The molecule has 0 fully saturated rings. The molecule has 0 bridgehead atoms. The van der Waals surface area contributed by atoms with Crippen molar-refractivity contribution in [3.8, 4) is 10.6 Å². The van der Waals surface area contributed by atoms with E-state index in [1.165, 1.54) is 16.2 Å². The predicted molar refractivity (Wildman–Crippen MR) is 88.2 cm³/mol. The van der Waals surface area contributed by atoms with Crippen LogP contribution in [-0.4, -0.2) is 14.7 Å². The highest BCUT2D eigenvalue weighted by molar-refractivity contribution is 7.22. The number of benzene rings is 2. The summed E-state index contributed by atoms with van der Waals surface area (Å²) >= 11 is 1.67. The number of nitro benzene ring substituents is 1. The van der Waals surface area contributed by atoms with Crippen LogP contribution in [0.2, 0.25) is 0 Å². The minimum Gasteiger partial charge on any atom is -0.266 e. The lowest BCUT2D eigenvalue weighted by atomic mass is 10.1. The van der Waals surface area contributed by atoms with Gasteiger partial charge in [-0.1, -0.05) is 18.2 Å². The first-order chi connectivity index (χ1) is 10.6. The van der Waals surface area contributed by atoms with Crippen molar-refractivity contribution >= 4 is 38.0 Å². The van der Waals surface area contributed by atoms with E-state index >= 15 is 0 Å². The maximum Gasteiger partial charge on any atom is 0.270 e. The lowest BCUT2D eigenvalue weighted by molar-refractivity contribution is -0.384. The van der Waals surface area contributed by atoms with Crippen molar-refractivity contribution in [2.45, 2.75) is 0 Å². The van der Waals surface area contributed by atoms with E-state index in [-0.39, 0.29) is 10.6 Å². The summed E-state index contributed by atoms with van der Waals surface area (Å²) in [5, 5.41) is 17.5. The molecule has 0 N–H and O–H groups in total. The average molecular weight is 309 g/mol. The summed E-state index contributed by atoms with van der Waals surface area (Å²) in [6.45, 7) is 0. The minimum absolute atomic E-state index is 0.0860. The second kappa shape index (κ2) is 4.64. The second-order valence-corrected chi connectivity index (χ2v) is 6.16. The van der Waals surface area contributed by atoms with Crippen LogP contribution in [0.3, 0.4) is 0 Å². The Labute approximate surface area is 129 Å². The summed E-state index contributed by atoms with van der Waals surface area (Å²) in [7, 11) is 1.87. The Hall–Kier alpha value is -2.73. The molecule has 108 valence electrons. The van der Waals surface area contributed by atoms with E-state index in [0.717, 1.165) is 21.5 Å². The van der Waals surface area contributed by atoms with Gasteiger partial charge >= 0.3 is 0 Å². The third-order valence-electron chi connectivity index (χ3n) is 3.69. The smallest absolute Gasteiger partial charge is 0.266 e. The Kier molecular flexibility index (Phi) is 2.74. The topological polar surface area (TPSA) is 61.0 Å². The number of hydrogen-bond acceptors (Lipinski definition) is 4. The number of thiophene rings is 1. The van der Waals surface area contributed by atoms with Gasteiger partial charge in [-0.3, -0.25) is 14.8 Å². The summed E-state index contributed by atoms with van der Waals surface area (Å²) in [4.78, 5) is 11.7. The molecule has 4 aromatic rings. The van der Waals surface area contributed by atoms with Crippen LogP contribution >= 0.6 is 11.3 Å². The summed E-state index contributed by atoms with van der Waals surface area (Å²) in [5.41, 5.74) is 1.77. The second-order valence-electron chi connectivity index (χ2n) is 5.08. The molecular formula is C16H11N3O2S. The number of nitrogens with zero attached hydrogens (tertiary/aromatic N) is 3. The van der Waals surface area contributed by atoms with Gasteiger partial charge < -0.3 is 0 Å². The van der Waals surface area contributed by atoms with E-state index in [2.05, 4.69) is 23.3 Å². The van der Waals surface area contributed by atoms with Gasteiger partial charge in [0.15, 0.2) is 0 Å². The molecule has 5 nitrogen and oxygen atoms in total. The predicted octanol–water partition coefficient (Wildman–Crippen LogP) is 4.36. The fourth-order valence-corrected chi connectivity index (χ4v) is 3.84. The van der Waals surface area contributed by atoms with Gasteiger partial charge in [0.05, 0.1) is 21.0 Å². The first kappa shape index (κ1) is 13.0. The van der Waals surface area contributed by atoms with Crippen LogP contribution in [0, 0.1) is 10.1 Å². The molecule has 0 unspecified atom stereocenters. The van der Waals surface area contributed by atoms with Crippen molar-refractivity contribution in [2.75, 3.05) is 0 Å².